The van der Waals surface area contributed by atoms with Crippen LogP contribution >= 0.6 is 0 Å². The van der Waals surface area contributed by atoms with Gasteiger partial charge in [0.2, 0.25) is 0 Å². The minimum absolute atomic E-state index is 0.101. The molecule has 27 heavy (non-hydrogen) atoms. The number of nitrogens with one attached hydrogen (secondary N) is 2. The molecule has 0 aliphatic heterocycles. The molecule has 0 spiro atoms. The van der Waals surface area contributed by atoms with Crippen LogP contribution in [0.1, 0.15) is 11.1 Å². The average Bonchev–Trinajstić information content (AvgIpc) is 2.65. The van der Waals surface area contributed by atoms with Gasteiger partial charge in [-0.25, -0.2) is 5.43 Å². The molecule has 8 heteroatoms. The van der Waals surface area contributed by atoms with E-state index >= 15 is 0 Å². The second kappa shape index (κ2) is 9.81. The van der Waals surface area contributed by atoms with Crippen molar-refractivity contribution < 1.29 is 19.1 Å². The molecule has 4 N–H and O–H groups in total. The lowest BCUT2D eigenvalue weighted by molar-refractivity contribution is -0.120. The monoisotopic (exact) mass is 370 g/mol. The Morgan fingerprint density at radius 2 is 2.00 bits per heavy atom. The number of rotatable bonds is 9. The lowest BCUT2D eigenvalue weighted by Crippen LogP contribution is -2.25. The summed E-state index contributed by atoms with van der Waals surface area (Å²) >= 11 is 0. The molecule has 0 saturated carbocycles. The number of methoxy groups -OCH3 is 1. The van der Waals surface area contributed by atoms with Gasteiger partial charge < -0.3 is 20.5 Å². The highest BCUT2D eigenvalue weighted by Gasteiger charge is 2.06. The summed E-state index contributed by atoms with van der Waals surface area (Å²) in [7, 11) is 1.48. The summed E-state index contributed by atoms with van der Waals surface area (Å²) in [6, 6.07) is 12.7. The van der Waals surface area contributed by atoms with Crippen LogP contribution in [0.2, 0.25) is 0 Å². The van der Waals surface area contributed by atoms with Crippen molar-refractivity contribution in [3.8, 4) is 11.5 Å². The first-order valence-corrected chi connectivity index (χ1v) is 8.19. The molecule has 8 nitrogen and oxygen atoms in total. The van der Waals surface area contributed by atoms with Gasteiger partial charge in [-0.2, -0.15) is 5.10 Å². The molecule has 0 saturated heterocycles. The summed E-state index contributed by atoms with van der Waals surface area (Å²) in [6.45, 7) is 1.84. The summed E-state index contributed by atoms with van der Waals surface area (Å²) in [4.78, 5) is 22.6. The van der Waals surface area contributed by atoms with E-state index in [0.717, 1.165) is 11.3 Å². The summed E-state index contributed by atoms with van der Waals surface area (Å²) in [5.74, 6) is -0.0432. The topological polar surface area (TPSA) is 115 Å². The third kappa shape index (κ3) is 6.69. The molecule has 142 valence electrons. The summed E-state index contributed by atoms with van der Waals surface area (Å²) in [5, 5.41) is 6.94. The van der Waals surface area contributed by atoms with Crippen LogP contribution in [0.25, 0.3) is 0 Å². The number of anilines is 1. The highest BCUT2D eigenvalue weighted by molar-refractivity contribution is 5.85. The molecule has 0 radical (unpaired) electrons. The first-order chi connectivity index (χ1) is 13.0. The average molecular weight is 370 g/mol. The smallest absolute Gasteiger partial charge is 0.259 e. The molecule has 0 fully saturated rings. The number of nitrogens with zero attached hydrogens (tertiary/aromatic N) is 1. The molecular weight excluding hydrogens is 348 g/mol. The molecule has 2 amide bonds. The van der Waals surface area contributed by atoms with E-state index in [-0.39, 0.29) is 19.1 Å². The van der Waals surface area contributed by atoms with E-state index < -0.39 is 5.91 Å². The maximum absolute atomic E-state index is 11.8. The van der Waals surface area contributed by atoms with Gasteiger partial charge in [0.25, 0.3) is 11.8 Å². The third-order valence-corrected chi connectivity index (χ3v) is 3.43. The fourth-order valence-electron chi connectivity index (χ4n) is 2.19. The van der Waals surface area contributed by atoms with E-state index in [2.05, 4.69) is 15.8 Å². The van der Waals surface area contributed by atoms with Crippen LogP contribution in [0.15, 0.2) is 47.6 Å². The van der Waals surface area contributed by atoms with Crippen LogP contribution < -0.4 is 25.9 Å². The molecule has 2 rings (SSSR count). The number of carbonyl (C=O) groups is 2. The molecule has 2 aromatic rings. The number of ether oxygens (including phenoxy) is 2. The molecule has 0 aromatic heterocycles. The van der Waals surface area contributed by atoms with Gasteiger partial charge in [0.15, 0.2) is 18.1 Å². The predicted molar refractivity (Wildman–Crippen MR) is 103 cm³/mol. The van der Waals surface area contributed by atoms with Crippen molar-refractivity contribution in [2.45, 2.75) is 6.92 Å². The van der Waals surface area contributed by atoms with Gasteiger partial charge in [-0.05, 0) is 48.4 Å². The van der Waals surface area contributed by atoms with Crippen molar-refractivity contribution in [3.63, 3.8) is 0 Å². The minimum atomic E-state index is -0.579. The quantitative estimate of drug-likeness (QED) is 0.456. The number of aryl methyl sites for hydroxylation is 1. The molecule has 0 aliphatic rings. The number of carbonyl (C=O) groups excluding carboxylic acids is 2. The van der Waals surface area contributed by atoms with E-state index in [4.69, 9.17) is 15.2 Å². The Morgan fingerprint density at radius 1 is 1.19 bits per heavy atom. The van der Waals surface area contributed by atoms with Crippen LogP contribution in [0, 0.1) is 6.92 Å². The van der Waals surface area contributed by atoms with E-state index in [1.54, 1.807) is 18.2 Å². The number of hydrazone groups is 1. The highest BCUT2D eigenvalue weighted by atomic mass is 16.5. The normalized spacial score (nSPS) is 10.4. The van der Waals surface area contributed by atoms with Gasteiger partial charge in [0.1, 0.15) is 0 Å². The lowest BCUT2D eigenvalue weighted by Gasteiger charge is -2.09. The third-order valence-electron chi connectivity index (χ3n) is 3.43. The highest BCUT2D eigenvalue weighted by Crippen LogP contribution is 2.27. The first kappa shape index (κ1) is 19.8. The summed E-state index contributed by atoms with van der Waals surface area (Å²) < 4.78 is 10.5. The Morgan fingerprint density at radius 3 is 2.70 bits per heavy atom. The van der Waals surface area contributed by atoms with Crippen molar-refractivity contribution in [1.82, 2.24) is 5.43 Å². The Labute approximate surface area is 157 Å². The molecule has 2 aromatic carbocycles. The summed E-state index contributed by atoms with van der Waals surface area (Å²) in [6.07, 6.45) is 1.48. The molecular formula is C19H22N4O4. The lowest BCUT2D eigenvalue weighted by atomic mass is 10.2. The summed E-state index contributed by atoms with van der Waals surface area (Å²) in [5.41, 5.74) is 10.2. The molecule has 0 heterocycles. The van der Waals surface area contributed by atoms with Crippen molar-refractivity contribution in [2.24, 2.45) is 10.8 Å². The van der Waals surface area contributed by atoms with Gasteiger partial charge in [-0.3, -0.25) is 9.59 Å². The van der Waals surface area contributed by atoms with Crippen molar-refractivity contribution >= 4 is 23.7 Å². The fraction of sp³-hybridized carbons (Fsp3) is 0.211. The second-order valence-corrected chi connectivity index (χ2v) is 5.68. The predicted octanol–water partition coefficient (Wildman–Crippen LogP) is 1.43. The maximum atomic E-state index is 11.8. The number of primary amides is 1. The van der Waals surface area contributed by atoms with Crippen LogP contribution in [-0.4, -0.2) is 38.3 Å². The maximum Gasteiger partial charge on any atom is 0.259 e. The van der Waals surface area contributed by atoms with E-state index in [1.807, 2.05) is 31.2 Å². The largest absolute Gasteiger partial charge is 0.493 e. The van der Waals surface area contributed by atoms with Gasteiger partial charge in [-0.15, -0.1) is 0 Å². The van der Waals surface area contributed by atoms with Crippen LogP contribution in [0.3, 0.4) is 0 Å². The Hall–Kier alpha value is -3.55. The molecule has 0 bridgehead atoms. The Kier molecular flexibility index (Phi) is 7.18. The Bertz CT molecular complexity index is 836. The van der Waals surface area contributed by atoms with Crippen LogP contribution in [-0.2, 0) is 9.59 Å². The first-order valence-electron chi connectivity index (χ1n) is 8.19. The molecule has 0 unspecified atom stereocenters. The minimum Gasteiger partial charge on any atom is -0.493 e. The number of amides is 2. The van der Waals surface area contributed by atoms with Gasteiger partial charge >= 0.3 is 0 Å². The van der Waals surface area contributed by atoms with Gasteiger partial charge in [0.05, 0.1) is 19.9 Å². The number of benzene rings is 2. The zero-order valence-corrected chi connectivity index (χ0v) is 15.2. The standard InChI is InChI=1S/C19H22N4O4/c1-13-4-3-5-15(8-13)21-11-19(25)23-22-10-14-6-7-16(17(9-14)26-2)27-12-18(20)24/h3-10,21H,11-12H2,1-2H3,(H2,20,24)(H,23,25). The Balaban J connectivity index is 1.87. The van der Waals surface area contributed by atoms with Gasteiger partial charge in [-0.1, -0.05) is 12.1 Å². The van der Waals surface area contributed by atoms with Crippen molar-refractivity contribution in [2.75, 3.05) is 25.6 Å². The van der Waals surface area contributed by atoms with Crippen molar-refractivity contribution in [3.05, 3.63) is 53.6 Å². The SMILES string of the molecule is COc1cc(C=NNC(=O)CNc2cccc(C)c2)ccc1OCC(N)=O. The zero-order chi connectivity index (χ0) is 19.6. The second-order valence-electron chi connectivity index (χ2n) is 5.68. The van der Waals surface area contributed by atoms with Crippen molar-refractivity contribution in [1.29, 1.82) is 0 Å². The molecule has 0 aliphatic carbocycles. The van der Waals surface area contributed by atoms with E-state index in [9.17, 15) is 9.59 Å². The fourth-order valence-corrected chi connectivity index (χ4v) is 2.19. The number of hydrogen-bond donors (Lipinski definition) is 3. The van der Waals surface area contributed by atoms with Crippen LogP contribution in [0.4, 0.5) is 5.69 Å². The van der Waals surface area contributed by atoms with E-state index in [0.29, 0.717) is 17.1 Å². The zero-order valence-electron chi connectivity index (χ0n) is 15.2. The van der Waals surface area contributed by atoms with Gasteiger partial charge in [0, 0.05) is 5.69 Å². The van der Waals surface area contributed by atoms with Crippen LogP contribution in [0.5, 0.6) is 11.5 Å². The number of nitrogens with two attached hydrogens (primary N) is 1. The molecule has 0 atom stereocenters. The number of hydrogen-bond acceptors (Lipinski definition) is 6. The van der Waals surface area contributed by atoms with E-state index in [1.165, 1.54) is 13.3 Å².